The fraction of sp³-hybridized carbons (Fsp3) is 0.0769. The van der Waals surface area contributed by atoms with Gasteiger partial charge >= 0.3 is 0 Å². The van der Waals surface area contributed by atoms with E-state index in [1.165, 1.54) is 11.8 Å². The molecule has 0 saturated heterocycles. The molecule has 6 nitrogen and oxygen atoms in total. The third kappa shape index (κ3) is 2.12. The molecule has 0 spiro atoms. The summed E-state index contributed by atoms with van der Waals surface area (Å²) >= 11 is 3.07. The number of nitrogens with zero attached hydrogens (tertiary/aromatic N) is 5. The van der Waals surface area contributed by atoms with Crippen molar-refractivity contribution in [2.24, 2.45) is 7.05 Å². The molecular weight excluding hydrogens is 306 g/mol. The number of aromatic nitrogens is 5. The van der Waals surface area contributed by atoms with Crippen LogP contribution in [0, 0.1) is 0 Å². The van der Waals surface area contributed by atoms with Crippen LogP contribution in [0.2, 0.25) is 0 Å². The van der Waals surface area contributed by atoms with Gasteiger partial charge in [0.2, 0.25) is 0 Å². The van der Waals surface area contributed by atoms with Gasteiger partial charge in [-0.05, 0) is 35.3 Å². The summed E-state index contributed by atoms with van der Waals surface area (Å²) < 4.78 is 7.26. The Morgan fingerprint density at radius 2 is 2.19 bits per heavy atom. The third-order valence-electron chi connectivity index (χ3n) is 2.99. The van der Waals surface area contributed by atoms with Gasteiger partial charge in [-0.3, -0.25) is 0 Å². The van der Waals surface area contributed by atoms with Crippen molar-refractivity contribution in [1.29, 1.82) is 0 Å². The molecule has 21 heavy (non-hydrogen) atoms. The van der Waals surface area contributed by atoms with Crippen LogP contribution in [0.25, 0.3) is 21.8 Å². The first kappa shape index (κ1) is 12.5. The van der Waals surface area contributed by atoms with Crippen LogP contribution in [0.3, 0.4) is 0 Å². The zero-order chi connectivity index (χ0) is 14.2. The first-order valence-corrected chi connectivity index (χ1v) is 7.82. The van der Waals surface area contributed by atoms with E-state index in [0.717, 1.165) is 20.4 Å². The van der Waals surface area contributed by atoms with E-state index in [1.54, 1.807) is 23.9 Å². The molecule has 0 saturated carbocycles. The van der Waals surface area contributed by atoms with E-state index in [2.05, 4.69) is 20.2 Å². The van der Waals surface area contributed by atoms with Crippen molar-refractivity contribution in [3.8, 4) is 11.6 Å². The normalized spacial score (nSPS) is 11.3. The average Bonchev–Trinajstić information content (AvgIpc) is 3.21. The van der Waals surface area contributed by atoms with Crippen LogP contribution < -0.4 is 0 Å². The maximum absolute atomic E-state index is 5.37. The van der Waals surface area contributed by atoms with E-state index in [-0.39, 0.29) is 0 Å². The largest absolute Gasteiger partial charge is 0.461 e. The number of hydrogen-bond donors (Lipinski definition) is 0. The highest BCUT2D eigenvalue weighted by atomic mass is 32.2. The Bertz CT molecular complexity index is 896. The molecule has 0 aliphatic heterocycles. The Morgan fingerprint density at radius 1 is 1.24 bits per heavy atom. The summed E-state index contributed by atoms with van der Waals surface area (Å²) in [6, 6.07) is 5.71. The van der Waals surface area contributed by atoms with E-state index in [4.69, 9.17) is 4.42 Å². The Hall–Kier alpha value is -2.19. The lowest BCUT2D eigenvalue weighted by molar-refractivity contribution is 0.572. The Balaban J connectivity index is 1.74. The van der Waals surface area contributed by atoms with Crippen molar-refractivity contribution in [2.45, 2.75) is 10.2 Å². The standard InChI is InChI=1S/C13H9N5OS2/c1-18-10(9-3-2-5-19-9)16-17-13(18)21-12-8-4-6-20-11(8)14-7-15-12/h2-7H,1H3. The molecule has 104 valence electrons. The molecule has 0 aromatic carbocycles. The van der Waals surface area contributed by atoms with Crippen LogP contribution in [-0.2, 0) is 7.05 Å². The monoisotopic (exact) mass is 315 g/mol. The molecule has 0 atom stereocenters. The van der Waals surface area contributed by atoms with Gasteiger partial charge in [-0.15, -0.1) is 21.5 Å². The summed E-state index contributed by atoms with van der Waals surface area (Å²) in [6.07, 6.45) is 3.20. The number of rotatable bonds is 3. The lowest BCUT2D eigenvalue weighted by atomic mass is 10.4. The van der Waals surface area contributed by atoms with Gasteiger partial charge in [-0.2, -0.15) is 0 Å². The van der Waals surface area contributed by atoms with Crippen molar-refractivity contribution in [2.75, 3.05) is 0 Å². The molecule has 0 aliphatic carbocycles. The SMILES string of the molecule is Cn1c(Sc2ncnc3sccc23)nnc1-c1ccco1. The minimum absolute atomic E-state index is 0.693. The van der Waals surface area contributed by atoms with E-state index in [9.17, 15) is 0 Å². The van der Waals surface area contributed by atoms with Crippen LogP contribution in [0.1, 0.15) is 0 Å². The van der Waals surface area contributed by atoms with E-state index < -0.39 is 0 Å². The van der Waals surface area contributed by atoms with Gasteiger partial charge in [0.15, 0.2) is 16.7 Å². The van der Waals surface area contributed by atoms with Crippen LogP contribution in [-0.4, -0.2) is 24.7 Å². The number of thiophene rings is 1. The van der Waals surface area contributed by atoms with E-state index >= 15 is 0 Å². The summed E-state index contributed by atoms with van der Waals surface area (Å²) in [7, 11) is 1.91. The van der Waals surface area contributed by atoms with Crippen LogP contribution in [0.4, 0.5) is 0 Å². The predicted octanol–water partition coefficient (Wildman–Crippen LogP) is 3.23. The molecular formula is C13H9N5OS2. The lowest BCUT2D eigenvalue weighted by Crippen LogP contribution is -1.94. The smallest absolute Gasteiger partial charge is 0.200 e. The Morgan fingerprint density at radius 3 is 3.05 bits per heavy atom. The lowest BCUT2D eigenvalue weighted by Gasteiger charge is -2.02. The zero-order valence-electron chi connectivity index (χ0n) is 10.9. The van der Waals surface area contributed by atoms with E-state index in [1.807, 2.05) is 35.2 Å². The number of hydrogen-bond acceptors (Lipinski definition) is 7. The molecule has 0 N–H and O–H groups in total. The second kappa shape index (κ2) is 4.97. The van der Waals surface area contributed by atoms with Crippen molar-refractivity contribution in [1.82, 2.24) is 24.7 Å². The fourth-order valence-corrected chi connectivity index (χ4v) is 3.61. The summed E-state index contributed by atoms with van der Waals surface area (Å²) in [5.74, 6) is 1.39. The summed E-state index contributed by atoms with van der Waals surface area (Å²) in [4.78, 5) is 9.56. The summed E-state index contributed by atoms with van der Waals surface area (Å²) in [6.45, 7) is 0. The second-order valence-corrected chi connectivity index (χ2v) is 6.11. The molecule has 0 unspecified atom stereocenters. The van der Waals surface area contributed by atoms with Gasteiger partial charge in [-0.1, -0.05) is 0 Å². The molecule has 0 radical (unpaired) electrons. The molecule has 4 aromatic rings. The van der Waals surface area contributed by atoms with Crippen LogP contribution in [0.5, 0.6) is 0 Å². The molecule has 0 bridgehead atoms. The highest BCUT2D eigenvalue weighted by molar-refractivity contribution is 7.99. The van der Waals surface area contributed by atoms with Crippen molar-refractivity contribution < 1.29 is 4.42 Å². The van der Waals surface area contributed by atoms with Gasteiger partial charge in [0.1, 0.15) is 16.2 Å². The summed E-state index contributed by atoms with van der Waals surface area (Å²) in [5, 5.41) is 13.1. The highest BCUT2D eigenvalue weighted by Gasteiger charge is 2.15. The fourth-order valence-electron chi connectivity index (χ4n) is 1.96. The minimum atomic E-state index is 0.693. The number of fused-ring (bicyclic) bond motifs is 1. The highest BCUT2D eigenvalue weighted by Crippen LogP contribution is 2.33. The van der Waals surface area contributed by atoms with Crippen LogP contribution in [0.15, 0.2) is 50.8 Å². The molecule has 0 aliphatic rings. The number of furan rings is 1. The molecule has 0 amide bonds. The maximum Gasteiger partial charge on any atom is 0.200 e. The second-order valence-electron chi connectivity index (χ2n) is 4.26. The predicted molar refractivity (Wildman–Crippen MR) is 80.2 cm³/mol. The van der Waals surface area contributed by atoms with Gasteiger partial charge in [-0.25, -0.2) is 9.97 Å². The van der Waals surface area contributed by atoms with Crippen molar-refractivity contribution in [3.05, 3.63) is 36.2 Å². The molecule has 4 rings (SSSR count). The van der Waals surface area contributed by atoms with Crippen LogP contribution >= 0.6 is 23.1 Å². The average molecular weight is 315 g/mol. The van der Waals surface area contributed by atoms with Gasteiger partial charge < -0.3 is 8.98 Å². The van der Waals surface area contributed by atoms with Gasteiger partial charge in [0.25, 0.3) is 0 Å². The quantitative estimate of drug-likeness (QED) is 0.541. The minimum Gasteiger partial charge on any atom is -0.461 e. The summed E-state index contributed by atoms with van der Waals surface area (Å²) in [5.41, 5.74) is 0. The molecule has 8 heteroatoms. The zero-order valence-corrected chi connectivity index (χ0v) is 12.6. The van der Waals surface area contributed by atoms with Crippen molar-refractivity contribution >= 4 is 33.3 Å². The molecule has 0 fully saturated rings. The topological polar surface area (TPSA) is 69.6 Å². The Kier molecular flexibility index (Phi) is 2.97. The first-order chi connectivity index (χ1) is 10.3. The van der Waals surface area contributed by atoms with Crippen molar-refractivity contribution in [3.63, 3.8) is 0 Å². The molecule has 4 aromatic heterocycles. The third-order valence-corrected chi connectivity index (χ3v) is 4.87. The van der Waals surface area contributed by atoms with Gasteiger partial charge in [0.05, 0.1) is 6.26 Å². The molecule has 4 heterocycles. The Labute approximate surface area is 127 Å². The maximum atomic E-state index is 5.37. The first-order valence-electron chi connectivity index (χ1n) is 6.12. The van der Waals surface area contributed by atoms with Gasteiger partial charge in [0, 0.05) is 12.4 Å². The van der Waals surface area contributed by atoms with E-state index in [0.29, 0.717) is 11.6 Å².